The van der Waals surface area contributed by atoms with Gasteiger partial charge in [-0.15, -0.1) is 0 Å². The second kappa shape index (κ2) is 8.34. The van der Waals surface area contributed by atoms with E-state index < -0.39 is 5.60 Å². The Hall–Kier alpha value is -0.810. The second-order valence-corrected chi connectivity index (χ2v) is 8.14. The first kappa shape index (κ1) is 18.5. The van der Waals surface area contributed by atoms with Gasteiger partial charge in [-0.2, -0.15) is 0 Å². The molecular weight excluding hydrogens is 290 g/mol. The number of carbonyl (C=O) groups is 1. The first-order valence-corrected chi connectivity index (χ1v) is 9.30. The van der Waals surface area contributed by atoms with Crippen LogP contribution >= 0.6 is 0 Å². The first-order valence-electron chi connectivity index (χ1n) is 9.30. The highest BCUT2D eigenvalue weighted by Crippen LogP contribution is 2.20. The summed E-state index contributed by atoms with van der Waals surface area (Å²) >= 11 is 0. The lowest BCUT2D eigenvalue weighted by Crippen LogP contribution is -2.48. The minimum Gasteiger partial charge on any atom is -0.444 e. The fourth-order valence-corrected chi connectivity index (χ4v) is 3.54. The van der Waals surface area contributed by atoms with Crippen molar-refractivity contribution in [3.05, 3.63) is 0 Å². The fraction of sp³-hybridized carbons (Fsp3) is 0.944. The van der Waals surface area contributed by atoms with Crippen molar-refractivity contribution in [3.8, 4) is 0 Å². The van der Waals surface area contributed by atoms with E-state index in [9.17, 15) is 4.79 Å². The van der Waals surface area contributed by atoms with Crippen LogP contribution in [0.4, 0.5) is 4.79 Å². The monoisotopic (exact) mass is 325 g/mol. The zero-order valence-electron chi connectivity index (χ0n) is 15.4. The molecule has 134 valence electrons. The van der Waals surface area contributed by atoms with Crippen molar-refractivity contribution in [2.75, 3.05) is 32.7 Å². The Labute approximate surface area is 141 Å². The topological polar surface area (TPSA) is 44.8 Å². The molecular formula is C18H35N3O2. The van der Waals surface area contributed by atoms with E-state index in [0.717, 1.165) is 32.5 Å². The molecule has 1 N–H and O–H groups in total. The molecule has 0 saturated carbocycles. The molecule has 2 heterocycles. The Morgan fingerprint density at radius 2 is 1.87 bits per heavy atom. The summed E-state index contributed by atoms with van der Waals surface area (Å²) in [5.41, 5.74) is -0.417. The average molecular weight is 325 g/mol. The molecule has 2 fully saturated rings. The highest BCUT2D eigenvalue weighted by molar-refractivity contribution is 5.69. The number of hydrogen-bond acceptors (Lipinski definition) is 4. The van der Waals surface area contributed by atoms with E-state index in [1.807, 2.05) is 25.7 Å². The van der Waals surface area contributed by atoms with Gasteiger partial charge in [-0.3, -0.25) is 0 Å². The summed E-state index contributed by atoms with van der Waals surface area (Å²) in [7, 11) is 0. The van der Waals surface area contributed by atoms with E-state index in [-0.39, 0.29) is 12.1 Å². The number of carbonyl (C=O) groups excluding carboxylic acids is 1. The molecule has 2 unspecified atom stereocenters. The van der Waals surface area contributed by atoms with Gasteiger partial charge < -0.3 is 19.9 Å². The molecule has 1 amide bonds. The molecule has 2 rings (SSSR count). The highest BCUT2D eigenvalue weighted by Gasteiger charge is 2.32. The summed E-state index contributed by atoms with van der Waals surface area (Å²) in [6.07, 6.45) is 6.04. The highest BCUT2D eigenvalue weighted by atomic mass is 16.6. The lowest BCUT2D eigenvalue weighted by atomic mass is 10.1. The molecule has 0 spiro atoms. The van der Waals surface area contributed by atoms with Gasteiger partial charge >= 0.3 is 6.09 Å². The van der Waals surface area contributed by atoms with Gasteiger partial charge in [-0.25, -0.2) is 4.79 Å². The minimum atomic E-state index is -0.417. The zero-order valence-corrected chi connectivity index (χ0v) is 15.4. The summed E-state index contributed by atoms with van der Waals surface area (Å²) in [6.45, 7) is 13.3. The third-order valence-electron chi connectivity index (χ3n) is 4.69. The summed E-state index contributed by atoms with van der Waals surface area (Å²) in [4.78, 5) is 16.8. The van der Waals surface area contributed by atoms with Gasteiger partial charge in [-0.1, -0.05) is 6.42 Å². The summed E-state index contributed by atoms with van der Waals surface area (Å²) in [5.74, 6) is 0. The van der Waals surface area contributed by atoms with Gasteiger partial charge in [0.05, 0.1) is 0 Å². The number of likely N-dealkylation sites (tertiary alicyclic amines) is 2. The van der Waals surface area contributed by atoms with Gasteiger partial charge in [0.2, 0.25) is 0 Å². The molecule has 2 aliphatic rings. The Morgan fingerprint density at radius 1 is 1.17 bits per heavy atom. The zero-order chi connectivity index (χ0) is 16.9. The number of nitrogens with one attached hydrogen (secondary N) is 1. The molecule has 2 aliphatic heterocycles. The Bertz CT molecular complexity index is 375. The Kier molecular flexibility index (Phi) is 6.72. The second-order valence-electron chi connectivity index (χ2n) is 8.14. The molecule has 0 bridgehead atoms. The summed E-state index contributed by atoms with van der Waals surface area (Å²) in [5, 5.41) is 3.63. The molecule has 0 aromatic rings. The van der Waals surface area contributed by atoms with Crippen molar-refractivity contribution in [3.63, 3.8) is 0 Å². The largest absolute Gasteiger partial charge is 0.444 e. The molecule has 0 aromatic heterocycles. The van der Waals surface area contributed by atoms with E-state index in [4.69, 9.17) is 4.74 Å². The first-order chi connectivity index (χ1) is 10.8. The van der Waals surface area contributed by atoms with Crippen molar-refractivity contribution in [1.82, 2.24) is 15.1 Å². The quantitative estimate of drug-likeness (QED) is 0.844. The summed E-state index contributed by atoms with van der Waals surface area (Å²) in [6, 6.07) is 0.739. The van der Waals surface area contributed by atoms with Crippen molar-refractivity contribution < 1.29 is 9.53 Å². The van der Waals surface area contributed by atoms with Crippen molar-refractivity contribution >= 4 is 6.09 Å². The van der Waals surface area contributed by atoms with E-state index in [1.54, 1.807) is 0 Å². The fourth-order valence-electron chi connectivity index (χ4n) is 3.54. The normalized spacial score (nSPS) is 24.7. The maximum Gasteiger partial charge on any atom is 0.410 e. The lowest BCUT2D eigenvalue weighted by molar-refractivity contribution is 0.0224. The number of piperidine rings is 1. The van der Waals surface area contributed by atoms with E-state index in [1.165, 1.54) is 32.4 Å². The van der Waals surface area contributed by atoms with Crippen LogP contribution in [-0.4, -0.2) is 66.3 Å². The van der Waals surface area contributed by atoms with Crippen molar-refractivity contribution in [1.29, 1.82) is 0 Å². The number of rotatable bonds is 5. The maximum atomic E-state index is 12.3. The molecule has 2 atom stereocenters. The number of nitrogens with zero attached hydrogens (tertiary/aromatic N) is 2. The number of ether oxygens (including phenoxy) is 1. The standard InChI is InChI=1S/C18H35N3O2/c1-15(14-20-10-6-5-7-11-20)19-13-16-9-8-12-21(16)17(22)23-18(2,3)4/h15-16,19H,5-14H2,1-4H3. The molecule has 0 aromatic carbocycles. The van der Waals surface area contributed by atoms with Crippen LogP contribution in [0, 0.1) is 0 Å². The predicted molar refractivity (Wildman–Crippen MR) is 93.7 cm³/mol. The molecule has 23 heavy (non-hydrogen) atoms. The van der Waals surface area contributed by atoms with Gasteiger partial charge in [0.25, 0.3) is 0 Å². The molecule has 2 saturated heterocycles. The van der Waals surface area contributed by atoms with Crippen molar-refractivity contribution in [2.45, 2.75) is 77.5 Å². The maximum absolute atomic E-state index is 12.3. The van der Waals surface area contributed by atoms with Crippen LogP contribution in [0.2, 0.25) is 0 Å². The third-order valence-corrected chi connectivity index (χ3v) is 4.69. The minimum absolute atomic E-state index is 0.162. The van der Waals surface area contributed by atoms with Gasteiger partial charge in [-0.05, 0) is 66.5 Å². The van der Waals surface area contributed by atoms with Crippen LogP contribution < -0.4 is 5.32 Å². The van der Waals surface area contributed by atoms with Gasteiger partial charge in [0.15, 0.2) is 0 Å². The SMILES string of the molecule is CC(CN1CCCCC1)NCC1CCCN1C(=O)OC(C)(C)C. The van der Waals surface area contributed by atoms with Crippen LogP contribution in [0.1, 0.15) is 59.8 Å². The van der Waals surface area contributed by atoms with Gasteiger partial charge in [0.1, 0.15) is 5.60 Å². The van der Waals surface area contributed by atoms with E-state index in [2.05, 4.69) is 17.1 Å². The van der Waals surface area contributed by atoms with E-state index >= 15 is 0 Å². The lowest BCUT2D eigenvalue weighted by Gasteiger charge is -2.32. The smallest absolute Gasteiger partial charge is 0.410 e. The molecule has 0 radical (unpaired) electrons. The molecule has 5 heteroatoms. The van der Waals surface area contributed by atoms with Crippen LogP contribution in [0.15, 0.2) is 0 Å². The van der Waals surface area contributed by atoms with Crippen LogP contribution in [0.25, 0.3) is 0 Å². The number of hydrogen-bond donors (Lipinski definition) is 1. The van der Waals surface area contributed by atoms with E-state index in [0.29, 0.717) is 6.04 Å². The van der Waals surface area contributed by atoms with Crippen molar-refractivity contribution in [2.24, 2.45) is 0 Å². The van der Waals surface area contributed by atoms with Crippen LogP contribution in [0.5, 0.6) is 0 Å². The predicted octanol–water partition coefficient (Wildman–Crippen LogP) is 2.85. The number of amides is 1. The Balaban J connectivity index is 1.73. The molecule has 5 nitrogen and oxygen atoms in total. The Morgan fingerprint density at radius 3 is 2.52 bits per heavy atom. The molecule has 0 aliphatic carbocycles. The summed E-state index contributed by atoms with van der Waals surface area (Å²) < 4.78 is 5.53. The third kappa shape index (κ3) is 6.30. The van der Waals surface area contributed by atoms with Crippen LogP contribution in [0.3, 0.4) is 0 Å². The van der Waals surface area contributed by atoms with Crippen LogP contribution in [-0.2, 0) is 4.74 Å². The van der Waals surface area contributed by atoms with Gasteiger partial charge in [0, 0.05) is 31.7 Å². The average Bonchev–Trinajstić information content (AvgIpc) is 2.93.